The van der Waals surface area contributed by atoms with Gasteiger partial charge in [-0.2, -0.15) is 15.8 Å². The van der Waals surface area contributed by atoms with E-state index in [4.69, 9.17) is 11.0 Å². The number of nitrogens with zero attached hydrogens (tertiary/aromatic N) is 4. The Morgan fingerprint density at radius 1 is 1.19 bits per heavy atom. The van der Waals surface area contributed by atoms with Crippen molar-refractivity contribution in [2.24, 2.45) is 17.1 Å². The molecule has 2 unspecified atom stereocenters. The number of nitrogens with two attached hydrogens (primary N) is 1. The van der Waals surface area contributed by atoms with Crippen LogP contribution in [0.15, 0.2) is 46.1 Å². The maximum Gasteiger partial charge on any atom is 0.204 e. The molecule has 2 atom stereocenters. The highest BCUT2D eigenvalue weighted by molar-refractivity contribution is 9.11. The Balaban J connectivity index is 2.20. The molecule has 0 saturated heterocycles. The minimum Gasteiger partial charge on any atom is -0.399 e. The molecule has 0 fully saturated rings. The standard InChI is InChI=1S/C21H20BrN5/c1-13(2)27-8-7-17-16(10-27)18(15-5-3-14(9-23)4-6-15)19(22)20(26)21(17,11-24)12-25/h3-7,13,16,18H,8,10,26H2,1-2H3. The van der Waals surface area contributed by atoms with Crippen LogP contribution in [0.5, 0.6) is 0 Å². The minimum absolute atomic E-state index is 0.0462. The Labute approximate surface area is 168 Å². The second-order valence-corrected chi connectivity index (χ2v) is 8.11. The average Bonchev–Trinajstić information content (AvgIpc) is 2.69. The van der Waals surface area contributed by atoms with Crippen molar-refractivity contribution in [2.45, 2.75) is 25.8 Å². The van der Waals surface area contributed by atoms with Crippen LogP contribution in [-0.2, 0) is 0 Å². The highest BCUT2D eigenvalue weighted by atomic mass is 79.9. The van der Waals surface area contributed by atoms with E-state index in [1.807, 2.05) is 18.2 Å². The summed E-state index contributed by atoms with van der Waals surface area (Å²) in [5.41, 5.74) is 7.57. The number of rotatable bonds is 2. The van der Waals surface area contributed by atoms with Gasteiger partial charge in [-0.3, -0.25) is 4.90 Å². The molecule has 1 aliphatic carbocycles. The lowest BCUT2D eigenvalue weighted by Gasteiger charge is -2.46. The highest BCUT2D eigenvalue weighted by Gasteiger charge is 2.51. The molecule has 0 bridgehead atoms. The van der Waals surface area contributed by atoms with E-state index in [9.17, 15) is 10.5 Å². The smallest absolute Gasteiger partial charge is 0.204 e. The monoisotopic (exact) mass is 421 g/mol. The zero-order valence-electron chi connectivity index (χ0n) is 15.3. The molecular formula is C21H20BrN5. The van der Waals surface area contributed by atoms with Crippen LogP contribution in [0.2, 0.25) is 0 Å². The largest absolute Gasteiger partial charge is 0.399 e. The van der Waals surface area contributed by atoms with Crippen LogP contribution in [0.25, 0.3) is 0 Å². The highest BCUT2D eigenvalue weighted by Crippen LogP contribution is 2.54. The van der Waals surface area contributed by atoms with Crippen LogP contribution >= 0.6 is 15.9 Å². The first-order valence-corrected chi connectivity index (χ1v) is 9.61. The van der Waals surface area contributed by atoms with Crippen LogP contribution in [0.1, 0.15) is 30.9 Å². The Bertz CT molecular complexity index is 923. The van der Waals surface area contributed by atoms with E-state index in [1.165, 1.54) is 0 Å². The molecule has 3 rings (SSSR count). The molecule has 2 aliphatic rings. The van der Waals surface area contributed by atoms with Gasteiger partial charge in [0, 0.05) is 35.4 Å². The Hall–Kier alpha value is -2.59. The van der Waals surface area contributed by atoms with Crippen LogP contribution in [-0.4, -0.2) is 24.0 Å². The van der Waals surface area contributed by atoms with Crippen molar-refractivity contribution in [3.63, 3.8) is 0 Å². The van der Waals surface area contributed by atoms with Gasteiger partial charge in [0.05, 0.1) is 29.5 Å². The lowest BCUT2D eigenvalue weighted by molar-refractivity contribution is 0.187. The molecule has 0 saturated carbocycles. The third kappa shape index (κ3) is 2.94. The molecule has 1 heterocycles. The molecule has 1 aromatic rings. The Kier molecular flexibility index (Phi) is 5.11. The summed E-state index contributed by atoms with van der Waals surface area (Å²) >= 11 is 3.61. The number of allylic oxidation sites excluding steroid dienone is 2. The molecule has 2 N–H and O–H groups in total. The van der Waals surface area contributed by atoms with Gasteiger partial charge in [0.1, 0.15) is 0 Å². The van der Waals surface area contributed by atoms with Gasteiger partial charge in [0.15, 0.2) is 0 Å². The van der Waals surface area contributed by atoms with Gasteiger partial charge in [-0.15, -0.1) is 0 Å². The van der Waals surface area contributed by atoms with Crippen molar-refractivity contribution >= 4 is 15.9 Å². The summed E-state index contributed by atoms with van der Waals surface area (Å²) < 4.78 is 0.683. The second kappa shape index (κ2) is 7.20. The fraction of sp³-hybridized carbons (Fsp3) is 0.381. The van der Waals surface area contributed by atoms with E-state index in [2.05, 4.69) is 52.9 Å². The molecule has 0 spiro atoms. The van der Waals surface area contributed by atoms with Gasteiger partial charge in [0.2, 0.25) is 5.41 Å². The summed E-state index contributed by atoms with van der Waals surface area (Å²) in [5, 5.41) is 28.8. The van der Waals surface area contributed by atoms with Gasteiger partial charge in [-0.1, -0.05) is 34.1 Å². The minimum atomic E-state index is -1.43. The number of hydrogen-bond donors (Lipinski definition) is 1. The lowest BCUT2D eigenvalue weighted by Crippen LogP contribution is -2.48. The first-order chi connectivity index (χ1) is 12.9. The zero-order valence-corrected chi connectivity index (χ0v) is 16.9. The normalized spacial score (nSPS) is 24.4. The van der Waals surface area contributed by atoms with Crippen LogP contribution in [0, 0.1) is 45.3 Å². The third-order valence-electron chi connectivity index (χ3n) is 5.61. The summed E-state index contributed by atoms with van der Waals surface area (Å²) in [6, 6.07) is 14.3. The topological polar surface area (TPSA) is 101 Å². The molecule has 1 aliphatic heterocycles. The quantitative estimate of drug-likeness (QED) is 0.735. The fourth-order valence-electron chi connectivity index (χ4n) is 4.03. The maximum atomic E-state index is 9.87. The van der Waals surface area contributed by atoms with Gasteiger partial charge < -0.3 is 5.73 Å². The van der Waals surface area contributed by atoms with Crippen molar-refractivity contribution in [2.75, 3.05) is 13.1 Å². The predicted molar refractivity (Wildman–Crippen MR) is 106 cm³/mol. The number of nitriles is 3. The van der Waals surface area contributed by atoms with Crippen molar-refractivity contribution in [1.29, 1.82) is 15.8 Å². The Morgan fingerprint density at radius 2 is 1.81 bits per heavy atom. The first kappa shape index (κ1) is 19.2. The maximum absolute atomic E-state index is 9.87. The summed E-state index contributed by atoms with van der Waals surface area (Å²) in [7, 11) is 0. The summed E-state index contributed by atoms with van der Waals surface area (Å²) in [6.45, 7) is 5.71. The molecule has 6 heteroatoms. The van der Waals surface area contributed by atoms with E-state index >= 15 is 0 Å². The SMILES string of the molecule is CC(C)N1CC=C2C(C1)C(c1ccc(C#N)cc1)C(Br)=C(N)C2(C#N)C#N. The number of hydrogen-bond acceptors (Lipinski definition) is 5. The van der Waals surface area contributed by atoms with Crippen LogP contribution in [0.4, 0.5) is 0 Å². The molecule has 1 aromatic carbocycles. The van der Waals surface area contributed by atoms with Crippen molar-refractivity contribution in [3.8, 4) is 18.2 Å². The fourth-order valence-corrected chi connectivity index (χ4v) is 4.91. The van der Waals surface area contributed by atoms with Crippen LogP contribution in [0.3, 0.4) is 0 Å². The molecule has 27 heavy (non-hydrogen) atoms. The Morgan fingerprint density at radius 3 is 2.33 bits per heavy atom. The predicted octanol–water partition coefficient (Wildman–Crippen LogP) is 3.52. The van der Waals surface area contributed by atoms with E-state index in [0.29, 0.717) is 22.6 Å². The van der Waals surface area contributed by atoms with Gasteiger partial charge in [-0.05, 0) is 37.1 Å². The molecule has 0 radical (unpaired) electrons. The van der Waals surface area contributed by atoms with Crippen LogP contribution < -0.4 is 5.73 Å². The second-order valence-electron chi connectivity index (χ2n) is 7.26. The molecule has 5 nitrogen and oxygen atoms in total. The zero-order chi connectivity index (χ0) is 19.8. The third-order valence-corrected chi connectivity index (χ3v) is 6.53. The molecule has 0 aromatic heterocycles. The lowest BCUT2D eigenvalue weighted by atomic mass is 9.62. The van der Waals surface area contributed by atoms with E-state index in [0.717, 1.165) is 17.7 Å². The van der Waals surface area contributed by atoms with E-state index < -0.39 is 5.41 Å². The number of fused-ring (bicyclic) bond motifs is 1. The molecule has 0 amide bonds. The summed E-state index contributed by atoms with van der Waals surface area (Å²) in [6.07, 6.45) is 2.00. The van der Waals surface area contributed by atoms with Crippen molar-refractivity contribution in [3.05, 3.63) is 57.2 Å². The summed E-state index contributed by atoms with van der Waals surface area (Å²) in [4.78, 5) is 2.33. The van der Waals surface area contributed by atoms with Gasteiger partial charge >= 0.3 is 0 Å². The van der Waals surface area contributed by atoms with Crippen molar-refractivity contribution < 1.29 is 0 Å². The first-order valence-electron chi connectivity index (χ1n) is 8.82. The van der Waals surface area contributed by atoms with Gasteiger partial charge in [-0.25, -0.2) is 0 Å². The molecular weight excluding hydrogens is 402 g/mol. The average molecular weight is 422 g/mol. The number of benzene rings is 1. The van der Waals surface area contributed by atoms with Gasteiger partial charge in [0.25, 0.3) is 0 Å². The molecule has 136 valence electrons. The van der Waals surface area contributed by atoms with E-state index in [-0.39, 0.29) is 17.5 Å². The summed E-state index contributed by atoms with van der Waals surface area (Å²) in [5.74, 6) is -0.143. The van der Waals surface area contributed by atoms with Crippen molar-refractivity contribution in [1.82, 2.24) is 4.90 Å². The van der Waals surface area contributed by atoms with E-state index in [1.54, 1.807) is 12.1 Å². The number of halogens is 1.